The molecular formula is C12H22N4O. The Hall–Kier alpha value is -0.940. The van der Waals surface area contributed by atoms with Crippen LogP contribution < -0.4 is 5.73 Å². The molecule has 96 valence electrons. The Morgan fingerprint density at radius 3 is 2.71 bits per heavy atom. The van der Waals surface area contributed by atoms with Crippen LogP contribution >= 0.6 is 0 Å². The van der Waals surface area contributed by atoms with Gasteiger partial charge in [-0.3, -0.25) is 0 Å². The highest BCUT2D eigenvalue weighted by atomic mass is 16.5. The van der Waals surface area contributed by atoms with Gasteiger partial charge in [0.05, 0.1) is 6.04 Å². The second kappa shape index (κ2) is 5.60. The highest BCUT2D eigenvalue weighted by molar-refractivity contribution is 4.99. The molecular weight excluding hydrogens is 216 g/mol. The van der Waals surface area contributed by atoms with Gasteiger partial charge >= 0.3 is 0 Å². The molecule has 0 aliphatic heterocycles. The molecule has 2 rings (SSSR count). The van der Waals surface area contributed by atoms with Crippen molar-refractivity contribution < 1.29 is 4.52 Å². The molecule has 1 aromatic heterocycles. The molecule has 17 heavy (non-hydrogen) atoms. The van der Waals surface area contributed by atoms with Crippen LogP contribution in [0.15, 0.2) is 4.52 Å². The van der Waals surface area contributed by atoms with Gasteiger partial charge in [-0.25, -0.2) is 0 Å². The fourth-order valence-corrected chi connectivity index (χ4v) is 2.39. The summed E-state index contributed by atoms with van der Waals surface area (Å²) < 4.78 is 5.35. The van der Waals surface area contributed by atoms with E-state index in [-0.39, 0.29) is 6.04 Å². The predicted molar refractivity (Wildman–Crippen MR) is 65.6 cm³/mol. The van der Waals surface area contributed by atoms with Gasteiger partial charge in [-0.15, -0.1) is 0 Å². The molecule has 0 aromatic carbocycles. The maximum atomic E-state index is 6.01. The van der Waals surface area contributed by atoms with E-state index < -0.39 is 0 Å². The number of hydrogen-bond acceptors (Lipinski definition) is 5. The Morgan fingerprint density at radius 1 is 1.35 bits per heavy atom. The molecule has 1 aliphatic carbocycles. The van der Waals surface area contributed by atoms with Crippen molar-refractivity contribution in [2.45, 2.75) is 44.1 Å². The SMILES string of the molecule is CN(C)CC(N)c1noc(C2CCCCC2)n1. The van der Waals surface area contributed by atoms with Gasteiger partial charge in [-0.1, -0.05) is 24.4 Å². The molecule has 1 aliphatic rings. The van der Waals surface area contributed by atoms with Crippen LogP contribution in [0, 0.1) is 0 Å². The van der Waals surface area contributed by atoms with Crippen molar-refractivity contribution in [2.24, 2.45) is 5.73 Å². The molecule has 0 saturated heterocycles. The number of rotatable bonds is 4. The van der Waals surface area contributed by atoms with Gasteiger partial charge in [-0.05, 0) is 26.9 Å². The number of hydrogen-bond donors (Lipinski definition) is 1. The number of nitrogens with zero attached hydrogens (tertiary/aromatic N) is 3. The quantitative estimate of drug-likeness (QED) is 0.864. The molecule has 1 fully saturated rings. The standard InChI is InChI=1S/C12H22N4O/c1-16(2)8-10(13)11-14-12(17-15-11)9-6-4-3-5-7-9/h9-10H,3-8,13H2,1-2H3. The fourth-order valence-electron chi connectivity index (χ4n) is 2.39. The van der Waals surface area contributed by atoms with Crippen LogP contribution in [0.2, 0.25) is 0 Å². The lowest BCUT2D eigenvalue weighted by atomic mass is 9.89. The zero-order valence-electron chi connectivity index (χ0n) is 10.7. The van der Waals surface area contributed by atoms with Crippen molar-refractivity contribution in [3.05, 3.63) is 11.7 Å². The molecule has 1 aromatic rings. The van der Waals surface area contributed by atoms with Gasteiger partial charge < -0.3 is 15.2 Å². The summed E-state index contributed by atoms with van der Waals surface area (Å²) in [6.45, 7) is 0.740. The smallest absolute Gasteiger partial charge is 0.229 e. The van der Waals surface area contributed by atoms with Gasteiger partial charge in [0.15, 0.2) is 5.82 Å². The summed E-state index contributed by atoms with van der Waals surface area (Å²) in [4.78, 5) is 6.49. The van der Waals surface area contributed by atoms with E-state index in [0.29, 0.717) is 11.7 Å². The van der Waals surface area contributed by atoms with Crippen molar-refractivity contribution in [1.82, 2.24) is 15.0 Å². The van der Waals surface area contributed by atoms with E-state index in [1.54, 1.807) is 0 Å². The molecule has 1 unspecified atom stereocenters. The molecule has 1 heterocycles. The Kier molecular flexibility index (Phi) is 4.12. The molecule has 0 amide bonds. The Balaban J connectivity index is 1.99. The van der Waals surface area contributed by atoms with Crippen LogP contribution in [0.5, 0.6) is 0 Å². The third-order valence-corrected chi connectivity index (χ3v) is 3.31. The van der Waals surface area contributed by atoms with E-state index >= 15 is 0 Å². The molecule has 2 N–H and O–H groups in total. The summed E-state index contributed by atoms with van der Waals surface area (Å²) in [6, 6.07) is -0.161. The van der Waals surface area contributed by atoms with E-state index in [4.69, 9.17) is 10.3 Å². The monoisotopic (exact) mass is 238 g/mol. The molecule has 0 bridgehead atoms. The molecule has 5 nitrogen and oxygen atoms in total. The van der Waals surface area contributed by atoms with Crippen molar-refractivity contribution in [3.8, 4) is 0 Å². The molecule has 0 spiro atoms. The first kappa shape index (κ1) is 12.5. The van der Waals surface area contributed by atoms with Crippen LogP contribution in [0.4, 0.5) is 0 Å². The second-order valence-electron chi connectivity index (χ2n) is 5.19. The van der Waals surface area contributed by atoms with Crippen molar-refractivity contribution in [2.75, 3.05) is 20.6 Å². The minimum Gasteiger partial charge on any atom is -0.339 e. The van der Waals surface area contributed by atoms with E-state index in [1.165, 1.54) is 32.1 Å². The lowest BCUT2D eigenvalue weighted by molar-refractivity contribution is 0.308. The number of nitrogens with two attached hydrogens (primary N) is 1. The third-order valence-electron chi connectivity index (χ3n) is 3.31. The average molecular weight is 238 g/mol. The van der Waals surface area contributed by atoms with Crippen LogP contribution in [-0.4, -0.2) is 35.7 Å². The van der Waals surface area contributed by atoms with Crippen molar-refractivity contribution in [3.63, 3.8) is 0 Å². The minimum absolute atomic E-state index is 0.161. The van der Waals surface area contributed by atoms with Crippen LogP contribution in [0.3, 0.4) is 0 Å². The zero-order valence-corrected chi connectivity index (χ0v) is 10.7. The maximum Gasteiger partial charge on any atom is 0.229 e. The number of likely N-dealkylation sites (N-methyl/N-ethyl adjacent to an activating group) is 1. The van der Waals surface area contributed by atoms with Gasteiger partial charge in [0.2, 0.25) is 5.89 Å². The topological polar surface area (TPSA) is 68.2 Å². The Morgan fingerprint density at radius 2 is 2.06 bits per heavy atom. The van der Waals surface area contributed by atoms with Crippen molar-refractivity contribution in [1.29, 1.82) is 0 Å². The maximum absolute atomic E-state index is 6.01. The predicted octanol–water partition coefficient (Wildman–Crippen LogP) is 1.68. The van der Waals surface area contributed by atoms with Gasteiger partial charge in [0, 0.05) is 12.5 Å². The normalized spacial score (nSPS) is 19.8. The first-order chi connectivity index (χ1) is 8.16. The Labute approximate surface area is 102 Å². The largest absolute Gasteiger partial charge is 0.339 e. The second-order valence-corrected chi connectivity index (χ2v) is 5.19. The average Bonchev–Trinajstić information content (AvgIpc) is 2.78. The van der Waals surface area contributed by atoms with Gasteiger partial charge in [0.25, 0.3) is 0 Å². The first-order valence-corrected chi connectivity index (χ1v) is 6.40. The molecule has 1 saturated carbocycles. The van der Waals surface area contributed by atoms with Crippen LogP contribution in [0.25, 0.3) is 0 Å². The summed E-state index contributed by atoms with van der Waals surface area (Å²) in [5, 5.41) is 4.01. The molecule has 1 atom stereocenters. The highest BCUT2D eigenvalue weighted by Crippen LogP contribution is 2.31. The highest BCUT2D eigenvalue weighted by Gasteiger charge is 2.23. The lowest BCUT2D eigenvalue weighted by Gasteiger charge is -2.17. The zero-order chi connectivity index (χ0) is 12.3. The third kappa shape index (κ3) is 3.26. The van der Waals surface area contributed by atoms with E-state index in [9.17, 15) is 0 Å². The first-order valence-electron chi connectivity index (χ1n) is 6.40. The van der Waals surface area contributed by atoms with E-state index in [0.717, 1.165) is 12.4 Å². The molecule has 0 radical (unpaired) electrons. The fraction of sp³-hybridized carbons (Fsp3) is 0.833. The Bertz CT molecular complexity index is 344. The van der Waals surface area contributed by atoms with E-state index in [1.807, 2.05) is 19.0 Å². The number of aromatic nitrogens is 2. The van der Waals surface area contributed by atoms with Crippen molar-refractivity contribution >= 4 is 0 Å². The summed E-state index contributed by atoms with van der Waals surface area (Å²) in [5.74, 6) is 1.88. The minimum atomic E-state index is -0.161. The molecule has 5 heteroatoms. The summed E-state index contributed by atoms with van der Waals surface area (Å²) >= 11 is 0. The summed E-state index contributed by atoms with van der Waals surface area (Å²) in [6.07, 6.45) is 6.21. The van der Waals surface area contributed by atoms with E-state index in [2.05, 4.69) is 10.1 Å². The van der Waals surface area contributed by atoms with Crippen LogP contribution in [0.1, 0.15) is 55.8 Å². The van der Waals surface area contributed by atoms with Gasteiger partial charge in [-0.2, -0.15) is 4.98 Å². The summed E-state index contributed by atoms with van der Waals surface area (Å²) in [5.41, 5.74) is 6.01. The van der Waals surface area contributed by atoms with Crippen LogP contribution in [-0.2, 0) is 0 Å². The summed E-state index contributed by atoms with van der Waals surface area (Å²) in [7, 11) is 3.98. The van der Waals surface area contributed by atoms with Gasteiger partial charge in [0.1, 0.15) is 0 Å². The lowest BCUT2D eigenvalue weighted by Crippen LogP contribution is -2.26.